The van der Waals surface area contributed by atoms with Gasteiger partial charge in [0.2, 0.25) is 0 Å². The molecule has 0 amide bonds. The average molecular weight is 233 g/mol. The average Bonchev–Trinajstić information content (AvgIpc) is 2.78. The number of anilines is 1. The molecule has 6 nitrogen and oxygen atoms in total. The standard InChI is InChI=1S/C11H15N5O/c1-3-6-16-11(13-14-15-16)8-4-5-10(17-2)9(12)7-8/h4-5,7H,3,6,12H2,1-2H3. The van der Waals surface area contributed by atoms with Gasteiger partial charge in [0.05, 0.1) is 12.8 Å². The van der Waals surface area contributed by atoms with Gasteiger partial charge in [-0.25, -0.2) is 4.68 Å². The van der Waals surface area contributed by atoms with Gasteiger partial charge in [0.15, 0.2) is 5.82 Å². The second-order valence-corrected chi connectivity index (χ2v) is 3.68. The van der Waals surface area contributed by atoms with Crippen molar-refractivity contribution in [3.8, 4) is 17.1 Å². The third-order valence-corrected chi connectivity index (χ3v) is 2.46. The maximum Gasteiger partial charge on any atom is 0.182 e. The molecule has 6 heteroatoms. The SMILES string of the molecule is CCCn1nnnc1-c1ccc(OC)c(N)c1. The molecule has 2 aromatic rings. The van der Waals surface area contributed by atoms with E-state index >= 15 is 0 Å². The number of aromatic nitrogens is 4. The Morgan fingerprint density at radius 3 is 2.88 bits per heavy atom. The zero-order chi connectivity index (χ0) is 12.3. The number of nitrogens with zero attached hydrogens (tertiary/aromatic N) is 4. The predicted octanol–water partition coefficient (Wildman–Crippen LogP) is 1.34. The molecular weight excluding hydrogens is 218 g/mol. The summed E-state index contributed by atoms with van der Waals surface area (Å²) in [4.78, 5) is 0. The van der Waals surface area contributed by atoms with Crippen LogP contribution < -0.4 is 10.5 Å². The lowest BCUT2D eigenvalue weighted by Crippen LogP contribution is -2.02. The molecule has 0 atom stereocenters. The van der Waals surface area contributed by atoms with Crippen LogP contribution in [0.3, 0.4) is 0 Å². The lowest BCUT2D eigenvalue weighted by molar-refractivity contribution is 0.417. The van der Waals surface area contributed by atoms with E-state index in [9.17, 15) is 0 Å². The first-order valence-corrected chi connectivity index (χ1v) is 5.46. The summed E-state index contributed by atoms with van der Waals surface area (Å²) in [6, 6.07) is 5.53. The largest absolute Gasteiger partial charge is 0.495 e. The Hall–Kier alpha value is -2.11. The monoisotopic (exact) mass is 233 g/mol. The van der Waals surface area contributed by atoms with Crippen molar-refractivity contribution in [3.05, 3.63) is 18.2 Å². The van der Waals surface area contributed by atoms with Gasteiger partial charge in [0.25, 0.3) is 0 Å². The maximum absolute atomic E-state index is 5.86. The Kier molecular flexibility index (Phi) is 3.22. The first-order valence-electron chi connectivity index (χ1n) is 5.46. The summed E-state index contributed by atoms with van der Waals surface area (Å²) in [6.07, 6.45) is 0.976. The zero-order valence-corrected chi connectivity index (χ0v) is 9.92. The molecule has 90 valence electrons. The Balaban J connectivity index is 2.39. The fourth-order valence-electron chi connectivity index (χ4n) is 1.65. The first kappa shape index (κ1) is 11.4. The van der Waals surface area contributed by atoms with E-state index in [0.29, 0.717) is 11.4 Å². The lowest BCUT2D eigenvalue weighted by atomic mass is 10.2. The minimum atomic E-state index is 0.580. The highest BCUT2D eigenvalue weighted by atomic mass is 16.5. The highest BCUT2D eigenvalue weighted by Gasteiger charge is 2.10. The lowest BCUT2D eigenvalue weighted by Gasteiger charge is -2.07. The van der Waals surface area contributed by atoms with Gasteiger partial charge in [0, 0.05) is 12.1 Å². The van der Waals surface area contributed by atoms with E-state index in [1.165, 1.54) is 0 Å². The minimum Gasteiger partial charge on any atom is -0.495 e. The van der Waals surface area contributed by atoms with E-state index in [1.807, 2.05) is 18.2 Å². The number of benzene rings is 1. The van der Waals surface area contributed by atoms with Crippen molar-refractivity contribution in [2.45, 2.75) is 19.9 Å². The summed E-state index contributed by atoms with van der Waals surface area (Å²) < 4.78 is 6.88. The Morgan fingerprint density at radius 2 is 2.24 bits per heavy atom. The van der Waals surface area contributed by atoms with Gasteiger partial charge in [-0.3, -0.25) is 0 Å². The summed E-state index contributed by atoms with van der Waals surface area (Å²) in [6.45, 7) is 2.86. The van der Waals surface area contributed by atoms with Crippen LogP contribution in [0, 0.1) is 0 Å². The molecule has 0 radical (unpaired) electrons. The molecule has 0 bridgehead atoms. The van der Waals surface area contributed by atoms with Gasteiger partial charge in [0.1, 0.15) is 5.75 Å². The minimum absolute atomic E-state index is 0.580. The van der Waals surface area contributed by atoms with Crippen molar-refractivity contribution in [2.24, 2.45) is 0 Å². The van der Waals surface area contributed by atoms with Crippen LogP contribution in [-0.2, 0) is 6.54 Å². The Morgan fingerprint density at radius 1 is 1.41 bits per heavy atom. The number of tetrazole rings is 1. The molecule has 0 aliphatic heterocycles. The van der Waals surface area contributed by atoms with Gasteiger partial charge in [-0.05, 0) is 35.0 Å². The smallest absolute Gasteiger partial charge is 0.182 e. The van der Waals surface area contributed by atoms with Crippen molar-refractivity contribution in [2.75, 3.05) is 12.8 Å². The third-order valence-electron chi connectivity index (χ3n) is 2.46. The van der Waals surface area contributed by atoms with E-state index in [4.69, 9.17) is 10.5 Å². The summed E-state index contributed by atoms with van der Waals surface area (Å²) in [5.74, 6) is 1.38. The molecule has 1 aromatic carbocycles. The maximum atomic E-state index is 5.86. The molecule has 0 aliphatic rings. The molecular formula is C11H15N5O. The van der Waals surface area contributed by atoms with E-state index < -0.39 is 0 Å². The van der Waals surface area contributed by atoms with E-state index in [1.54, 1.807) is 11.8 Å². The Bertz CT molecular complexity index is 508. The normalized spacial score (nSPS) is 10.5. The number of nitrogens with two attached hydrogens (primary N) is 1. The van der Waals surface area contributed by atoms with E-state index in [-0.39, 0.29) is 0 Å². The van der Waals surface area contributed by atoms with Crippen molar-refractivity contribution >= 4 is 5.69 Å². The Labute approximate surface area is 99.4 Å². The van der Waals surface area contributed by atoms with Gasteiger partial charge in [-0.2, -0.15) is 0 Å². The number of hydrogen-bond donors (Lipinski definition) is 1. The molecule has 1 aromatic heterocycles. The van der Waals surface area contributed by atoms with E-state index in [2.05, 4.69) is 22.4 Å². The van der Waals surface area contributed by atoms with Crippen LogP contribution in [0.2, 0.25) is 0 Å². The second kappa shape index (κ2) is 4.82. The molecule has 1 heterocycles. The van der Waals surface area contributed by atoms with Crippen LogP contribution in [0.15, 0.2) is 18.2 Å². The van der Waals surface area contributed by atoms with E-state index in [0.717, 1.165) is 24.4 Å². The van der Waals surface area contributed by atoms with Gasteiger partial charge < -0.3 is 10.5 Å². The number of rotatable bonds is 4. The third kappa shape index (κ3) is 2.20. The summed E-state index contributed by atoms with van der Waals surface area (Å²) in [5, 5.41) is 11.6. The molecule has 0 aliphatic carbocycles. The van der Waals surface area contributed by atoms with Gasteiger partial charge in [-0.1, -0.05) is 6.92 Å². The molecule has 0 spiro atoms. The number of methoxy groups -OCH3 is 1. The van der Waals surface area contributed by atoms with Crippen LogP contribution >= 0.6 is 0 Å². The number of ether oxygens (including phenoxy) is 1. The molecule has 2 rings (SSSR count). The predicted molar refractivity (Wildman–Crippen MR) is 64.5 cm³/mol. The molecule has 2 N–H and O–H groups in total. The topological polar surface area (TPSA) is 78.8 Å². The molecule has 17 heavy (non-hydrogen) atoms. The van der Waals surface area contributed by atoms with Crippen molar-refractivity contribution in [3.63, 3.8) is 0 Å². The zero-order valence-electron chi connectivity index (χ0n) is 9.92. The fourth-order valence-corrected chi connectivity index (χ4v) is 1.65. The van der Waals surface area contributed by atoms with Crippen LogP contribution in [0.25, 0.3) is 11.4 Å². The van der Waals surface area contributed by atoms with Crippen LogP contribution in [0.1, 0.15) is 13.3 Å². The molecule has 0 saturated carbocycles. The highest BCUT2D eigenvalue weighted by molar-refractivity contribution is 5.66. The van der Waals surface area contributed by atoms with Crippen molar-refractivity contribution in [1.82, 2.24) is 20.2 Å². The second-order valence-electron chi connectivity index (χ2n) is 3.68. The summed E-state index contributed by atoms with van der Waals surface area (Å²) in [7, 11) is 1.59. The van der Waals surface area contributed by atoms with Crippen LogP contribution in [0.5, 0.6) is 5.75 Å². The van der Waals surface area contributed by atoms with Gasteiger partial charge >= 0.3 is 0 Å². The molecule has 0 fully saturated rings. The molecule has 0 saturated heterocycles. The summed E-state index contributed by atoms with van der Waals surface area (Å²) in [5.41, 5.74) is 7.33. The fraction of sp³-hybridized carbons (Fsp3) is 0.364. The van der Waals surface area contributed by atoms with Crippen molar-refractivity contribution < 1.29 is 4.74 Å². The molecule has 0 unspecified atom stereocenters. The van der Waals surface area contributed by atoms with Crippen molar-refractivity contribution in [1.29, 1.82) is 0 Å². The number of nitrogen functional groups attached to an aromatic ring is 1. The van der Waals surface area contributed by atoms with Crippen LogP contribution in [0.4, 0.5) is 5.69 Å². The number of aryl methyl sites for hydroxylation is 1. The first-order chi connectivity index (χ1) is 8.26. The quantitative estimate of drug-likeness (QED) is 0.806. The number of hydrogen-bond acceptors (Lipinski definition) is 5. The highest BCUT2D eigenvalue weighted by Crippen LogP contribution is 2.26. The van der Waals surface area contributed by atoms with Crippen LogP contribution in [-0.4, -0.2) is 27.3 Å². The van der Waals surface area contributed by atoms with Gasteiger partial charge in [-0.15, -0.1) is 5.10 Å². The summed E-state index contributed by atoms with van der Waals surface area (Å²) >= 11 is 0.